The number of hydrogen-bond donors (Lipinski definition) is 0. The molecule has 0 unspecified atom stereocenters. The van der Waals surface area contributed by atoms with Crippen LogP contribution in [0.25, 0.3) is 11.4 Å². The van der Waals surface area contributed by atoms with Crippen LogP contribution in [0.1, 0.15) is 33.3 Å². The molecule has 1 aromatic heterocycles. The van der Waals surface area contributed by atoms with Gasteiger partial charge in [-0.15, -0.1) is 11.8 Å². The Bertz CT molecular complexity index is 564. The largest absolute Gasteiger partial charge is 0.334 e. The zero-order valence-electron chi connectivity index (χ0n) is 12.4. The second-order valence-electron chi connectivity index (χ2n) is 5.72. The normalized spacial score (nSPS) is 11.8. The van der Waals surface area contributed by atoms with Gasteiger partial charge < -0.3 is 4.57 Å². The van der Waals surface area contributed by atoms with Crippen molar-refractivity contribution in [2.75, 3.05) is 5.75 Å². The summed E-state index contributed by atoms with van der Waals surface area (Å²) >= 11 is 1.89. The van der Waals surface area contributed by atoms with E-state index in [9.17, 15) is 0 Å². The van der Waals surface area contributed by atoms with Gasteiger partial charge in [0.15, 0.2) is 0 Å². The zero-order chi connectivity index (χ0) is 14.0. The second kappa shape index (κ2) is 5.41. The number of aryl methyl sites for hydroxylation is 1. The van der Waals surface area contributed by atoms with Gasteiger partial charge in [-0.25, -0.2) is 4.98 Å². The van der Waals surface area contributed by atoms with Crippen LogP contribution in [-0.4, -0.2) is 15.3 Å². The van der Waals surface area contributed by atoms with Crippen molar-refractivity contribution in [2.24, 2.45) is 7.05 Å². The SMILES string of the molecule is CCSc1cccc(C(C)(C)C)c1-c1nccn1C. The van der Waals surface area contributed by atoms with Crippen LogP contribution in [0, 0.1) is 0 Å². The Morgan fingerprint density at radius 1 is 1.26 bits per heavy atom. The van der Waals surface area contributed by atoms with Gasteiger partial charge in [0.05, 0.1) is 0 Å². The molecule has 0 aliphatic heterocycles. The summed E-state index contributed by atoms with van der Waals surface area (Å²) in [7, 11) is 2.06. The standard InChI is InChI=1S/C16H22N2S/c1-6-19-13-9-7-8-12(16(2,3)4)14(13)15-17-10-11-18(15)5/h7-11H,6H2,1-5H3. The van der Waals surface area contributed by atoms with Crippen molar-refractivity contribution in [3.8, 4) is 11.4 Å². The number of thioether (sulfide) groups is 1. The van der Waals surface area contributed by atoms with E-state index >= 15 is 0 Å². The first-order valence-electron chi connectivity index (χ1n) is 6.69. The summed E-state index contributed by atoms with van der Waals surface area (Å²) < 4.78 is 2.10. The first kappa shape index (κ1) is 14.2. The molecule has 0 amide bonds. The van der Waals surface area contributed by atoms with Crippen molar-refractivity contribution in [1.29, 1.82) is 0 Å². The monoisotopic (exact) mass is 274 g/mol. The maximum absolute atomic E-state index is 4.55. The summed E-state index contributed by atoms with van der Waals surface area (Å²) in [5.41, 5.74) is 2.76. The molecular weight excluding hydrogens is 252 g/mol. The van der Waals surface area contributed by atoms with Gasteiger partial charge in [-0.2, -0.15) is 0 Å². The number of aromatic nitrogens is 2. The second-order valence-corrected chi connectivity index (χ2v) is 7.03. The van der Waals surface area contributed by atoms with Crippen LogP contribution in [0.2, 0.25) is 0 Å². The molecule has 0 fully saturated rings. The summed E-state index contributed by atoms with van der Waals surface area (Å²) in [4.78, 5) is 5.88. The van der Waals surface area contributed by atoms with E-state index in [2.05, 4.69) is 62.5 Å². The Labute approximate surface area is 120 Å². The Morgan fingerprint density at radius 2 is 2.00 bits per heavy atom. The minimum Gasteiger partial charge on any atom is -0.334 e. The van der Waals surface area contributed by atoms with Gasteiger partial charge in [0.25, 0.3) is 0 Å². The summed E-state index contributed by atoms with van der Waals surface area (Å²) in [5.74, 6) is 2.13. The highest BCUT2D eigenvalue weighted by atomic mass is 32.2. The lowest BCUT2D eigenvalue weighted by molar-refractivity contribution is 0.589. The molecule has 0 N–H and O–H groups in total. The molecular formula is C16H22N2S. The Hall–Kier alpha value is -1.22. The van der Waals surface area contributed by atoms with Crippen molar-refractivity contribution in [3.05, 3.63) is 36.2 Å². The highest BCUT2D eigenvalue weighted by molar-refractivity contribution is 7.99. The quantitative estimate of drug-likeness (QED) is 0.767. The number of benzene rings is 1. The molecule has 0 bridgehead atoms. The minimum atomic E-state index is 0.117. The van der Waals surface area contributed by atoms with Crippen LogP contribution >= 0.6 is 11.8 Å². The third-order valence-electron chi connectivity index (χ3n) is 3.18. The van der Waals surface area contributed by atoms with Gasteiger partial charge in [-0.05, 0) is 22.8 Å². The highest BCUT2D eigenvalue weighted by Crippen LogP contribution is 2.38. The van der Waals surface area contributed by atoms with E-state index in [1.165, 1.54) is 16.0 Å². The molecule has 0 spiro atoms. The van der Waals surface area contributed by atoms with E-state index in [0.29, 0.717) is 0 Å². The molecule has 0 atom stereocenters. The number of imidazole rings is 1. The van der Waals surface area contributed by atoms with E-state index < -0.39 is 0 Å². The molecule has 0 aliphatic carbocycles. The van der Waals surface area contributed by atoms with E-state index in [1.54, 1.807) is 0 Å². The number of hydrogen-bond acceptors (Lipinski definition) is 2. The van der Waals surface area contributed by atoms with Crippen LogP contribution in [0.3, 0.4) is 0 Å². The van der Waals surface area contributed by atoms with Gasteiger partial charge in [0.1, 0.15) is 5.82 Å². The van der Waals surface area contributed by atoms with E-state index in [-0.39, 0.29) is 5.41 Å². The van der Waals surface area contributed by atoms with Crippen molar-refractivity contribution in [3.63, 3.8) is 0 Å². The van der Waals surface area contributed by atoms with Crippen LogP contribution in [-0.2, 0) is 12.5 Å². The summed E-state index contributed by atoms with van der Waals surface area (Å²) in [6.45, 7) is 8.97. The zero-order valence-corrected chi connectivity index (χ0v) is 13.2. The third kappa shape index (κ3) is 2.86. The highest BCUT2D eigenvalue weighted by Gasteiger charge is 2.23. The summed E-state index contributed by atoms with van der Waals surface area (Å²) in [5, 5.41) is 0. The summed E-state index contributed by atoms with van der Waals surface area (Å²) in [6.07, 6.45) is 3.88. The van der Waals surface area contributed by atoms with Gasteiger partial charge in [-0.1, -0.05) is 39.8 Å². The van der Waals surface area contributed by atoms with E-state index in [4.69, 9.17) is 0 Å². The Balaban J connectivity index is 2.70. The minimum absolute atomic E-state index is 0.117. The topological polar surface area (TPSA) is 17.8 Å². The molecule has 1 aromatic carbocycles. The molecule has 0 saturated carbocycles. The maximum Gasteiger partial charge on any atom is 0.141 e. The number of nitrogens with zero attached hydrogens (tertiary/aromatic N) is 2. The fraction of sp³-hybridized carbons (Fsp3) is 0.438. The first-order chi connectivity index (χ1) is 8.95. The molecule has 3 heteroatoms. The lowest BCUT2D eigenvalue weighted by Crippen LogP contribution is -2.14. The predicted molar refractivity (Wildman–Crippen MR) is 83.7 cm³/mol. The fourth-order valence-corrected chi connectivity index (χ4v) is 3.10. The smallest absolute Gasteiger partial charge is 0.141 e. The molecule has 2 rings (SSSR count). The van der Waals surface area contributed by atoms with E-state index in [1.807, 2.05) is 24.2 Å². The van der Waals surface area contributed by atoms with Crippen molar-refractivity contribution >= 4 is 11.8 Å². The first-order valence-corrected chi connectivity index (χ1v) is 7.67. The molecule has 0 saturated heterocycles. The average molecular weight is 274 g/mol. The fourth-order valence-electron chi connectivity index (χ4n) is 2.27. The average Bonchev–Trinajstić information content (AvgIpc) is 2.74. The third-order valence-corrected chi connectivity index (χ3v) is 4.12. The molecule has 19 heavy (non-hydrogen) atoms. The molecule has 102 valence electrons. The molecule has 2 aromatic rings. The van der Waals surface area contributed by atoms with Gasteiger partial charge in [0, 0.05) is 29.9 Å². The maximum atomic E-state index is 4.55. The lowest BCUT2D eigenvalue weighted by atomic mass is 9.83. The predicted octanol–water partition coefficient (Wildman–Crippen LogP) is 4.50. The van der Waals surface area contributed by atoms with Crippen LogP contribution in [0.4, 0.5) is 0 Å². The van der Waals surface area contributed by atoms with E-state index in [0.717, 1.165) is 11.6 Å². The summed E-state index contributed by atoms with van der Waals surface area (Å²) in [6, 6.07) is 6.59. The van der Waals surface area contributed by atoms with Crippen LogP contribution in [0.5, 0.6) is 0 Å². The number of rotatable bonds is 3. The van der Waals surface area contributed by atoms with Crippen molar-refractivity contribution in [2.45, 2.75) is 38.0 Å². The van der Waals surface area contributed by atoms with Crippen molar-refractivity contribution in [1.82, 2.24) is 9.55 Å². The molecule has 0 aliphatic rings. The van der Waals surface area contributed by atoms with Crippen LogP contribution < -0.4 is 0 Å². The molecule has 2 nitrogen and oxygen atoms in total. The van der Waals surface area contributed by atoms with Crippen molar-refractivity contribution < 1.29 is 0 Å². The molecule has 0 radical (unpaired) electrons. The lowest BCUT2D eigenvalue weighted by Gasteiger charge is -2.24. The van der Waals surface area contributed by atoms with Gasteiger partial charge >= 0.3 is 0 Å². The van der Waals surface area contributed by atoms with Crippen LogP contribution in [0.15, 0.2) is 35.5 Å². The van der Waals surface area contributed by atoms with Gasteiger partial charge in [0.2, 0.25) is 0 Å². The Morgan fingerprint density at radius 3 is 2.53 bits per heavy atom. The molecule has 1 heterocycles. The Kier molecular flexibility index (Phi) is 4.04. The van der Waals surface area contributed by atoms with Gasteiger partial charge in [-0.3, -0.25) is 0 Å².